The molecule has 2 N–H and O–H groups in total. The van der Waals surface area contributed by atoms with Crippen molar-refractivity contribution in [3.8, 4) is 5.75 Å². The van der Waals surface area contributed by atoms with Crippen LogP contribution in [0.1, 0.15) is 59.3 Å². The first kappa shape index (κ1) is 29.7. The lowest BCUT2D eigenvalue weighted by Crippen LogP contribution is -2.44. The second kappa shape index (κ2) is 11.5. The lowest BCUT2D eigenvalue weighted by molar-refractivity contribution is -0.274. The zero-order chi connectivity index (χ0) is 30.2. The molecule has 0 spiro atoms. The first-order valence-corrected chi connectivity index (χ1v) is 13.5. The van der Waals surface area contributed by atoms with Gasteiger partial charge in [-0.25, -0.2) is 8.78 Å². The number of aromatic nitrogens is 1. The number of benzene rings is 2. The number of nitrogens with one attached hydrogen (secondary N) is 1. The van der Waals surface area contributed by atoms with Crippen molar-refractivity contribution < 1.29 is 41.4 Å². The monoisotopic (exact) mass is 609 g/mol. The third kappa shape index (κ3) is 5.91. The van der Waals surface area contributed by atoms with Crippen LogP contribution in [-0.4, -0.2) is 40.9 Å². The van der Waals surface area contributed by atoms with Gasteiger partial charge < -0.3 is 20.1 Å². The summed E-state index contributed by atoms with van der Waals surface area (Å²) in [4.78, 5) is 31.5. The van der Waals surface area contributed by atoms with Gasteiger partial charge in [-0.05, 0) is 55.9 Å². The Labute approximate surface area is 242 Å². The summed E-state index contributed by atoms with van der Waals surface area (Å²) in [5.74, 6) is -1.99. The number of carbonyl (C=O) groups is 2. The van der Waals surface area contributed by atoms with E-state index in [-0.39, 0.29) is 40.2 Å². The first-order chi connectivity index (χ1) is 19.9. The summed E-state index contributed by atoms with van der Waals surface area (Å²) in [7, 11) is 0. The molecule has 5 rings (SSSR count). The number of amides is 2. The van der Waals surface area contributed by atoms with Crippen LogP contribution < -0.4 is 15.0 Å². The Balaban J connectivity index is 1.28. The molecule has 1 aliphatic carbocycles. The normalized spacial score (nSPS) is 22.3. The van der Waals surface area contributed by atoms with E-state index in [1.807, 2.05) is 0 Å². The minimum atomic E-state index is -4.95. The van der Waals surface area contributed by atoms with E-state index in [2.05, 4.69) is 15.0 Å². The Bertz CT molecular complexity index is 1500. The van der Waals surface area contributed by atoms with E-state index >= 15 is 0 Å². The van der Waals surface area contributed by atoms with E-state index < -0.39 is 41.6 Å². The van der Waals surface area contributed by atoms with Gasteiger partial charge in [0.25, 0.3) is 18.2 Å². The molecule has 2 aliphatic rings. The van der Waals surface area contributed by atoms with Gasteiger partial charge in [-0.1, -0.05) is 41.9 Å². The van der Waals surface area contributed by atoms with Crippen molar-refractivity contribution in [3.63, 3.8) is 0 Å². The molecule has 1 unspecified atom stereocenters. The molecule has 1 aliphatic heterocycles. The van der Waals surface area contributed by atoms with Crippen molar-refractivity contribution >= 4 is 29.1 Å². The first-order valence-electron chi connectivity index (χ1n) is 13.1. The van der Waals surface area contributed by atoms with Gasteiger partial charge in [-0.2, -0.15) is 0 Å². The third-order valence-corrected chi connectivity index (χ3v) is 7.79. The summed E-state index contributed by atoms with van der Waals surface area (Å²) in [5.41, 5.74) is -2.54. The third-order valence-electron chi connectivity index (χ3n) is 7.58. The van der Waals surface area contributed by atoms with Gasteiger partial charge in [-0.3, -0.25) is 14.6 Å². The molecule has 3 aromatic rings. The van der Waals surface area contributed by atoms with E-state index in [0.717, 1.165) is 24.4 Å². The lowest BCUT2D eigenvalue weighted by atomic mass is 9.85. The molecule has 42 heavy (non-hydrogen) atoms. The second-order valence-electron chi connectivity index (χ2n) is 10.3. The molecule has 222 valence electrons. The number of fused-ring (bicyclic) bond motifs is 1. The standard InChI is InChI=1S/C29H25ClF5N3O4/c30-18-13-21(24(25(31)32)36-14-18)26(39)37-19-10-8-16(9-11-19)15-38-23-7-2-1-6-22(23)28(41,27(38)40)17-4-3-5-20(12-17)42-29(33,34)35/h1-7,12-14,16,19,25,41H,8-11,15H2,(H,37,39)/t16-,19-,28?. The summed E-state index contributed by atoms with van der Waals surface area (Å²) in [6.07, 6.45) is -4.65. The van der Waals surface area contributed by atoms with Crippen molar-refractivity contribution in [3.05, 3.63) is 88.2 Å². The second-order valence-corrected chi connectivity index (χ2v) is 10.7. The Hall–Kier alpha value is -3.77. The topological polar surface area (TPSA) is 91.8 Å². The molecule has 1 aromatic heterocycles. The molecule has 13 heteroatoms. The van der Waals surface area contributed by atoms with Gasteiger partial charge >= 0.3 is 6.36 Å². The van der Waals surface area contributed by atoms with Gasteiger partial charge in [-0.15, -0.1) is 13.2 Å². The number of aliphatic hydroxyl groups is 1. The fourth-order valence-electron chi connectivity index (χ4n) is 5.63. The summed E-state index contributed by atoms with van der Waals surface area (Å²) in [6, 6.07) is 12.1. The Morgan fingerprint density at radius 2 is 1.83 bits per heavy atom. The van der Waals surface area contributed by atoms with Crippen molar-refractivity contribution in [1.82, 2.24) is 10.3 Å². The molecule has 0 bridgehead atoms. The number of halogens is 6. The number of nitrogens with zero attached hydrogens (tertiary/aromatic N) is 2. The smallest absolute Gasteiger partial charge is 0.406 e. The van der Waals surface area contributed by atoms with E-state index in [9.17, 15) is 36.6 Å². The minimum Gasteiger partial charge on any atom is -0.406 e. The van der Waals surface area contributed by atoms with E-state index in [4.69, 9.17) is 11.6 Å². The van der Waals surface area contributed by atoms with Crippen molar-refractivity contribution in [1.29, 1.82) is 0 Å². The minimum absolute atomic E-state index is 0.0260. The van der Waals surface area contributed by atoms with Gasteiger partial charge in [0, 0.05) is 29.9 Å². The summed E-state index contributed by atoms with van der Waals surface area (Å²) in [5, 5.41) is 14.5. The molecule has 0 saturated heterocycles. The van der Waals surface area contributed by atoms with Gasteiger partial charge in [0.05, 0.1) is 16.3 Å². The molecule has 2 heterocycles. The fourth-order valence-corrected chi connectivity index (χ4v) is 5.79. The molecule has 2 aromatic carbocycles. The summed E-state index contributed by atoms with van der Waals surface area (Å²) in [6.45, 7) is 0.227. The van der Waals surface area contributed by atoms with Crippen LogP contribution in [-0.2, 0) is 10.4 Å². The van der Waals surface area contributed by atoms with Crippen molar-refractivity contribution in [2.24, 2.45) is 5.92 Å². The quantitative estimate of drug-likeness (QED) is 0.314. The highest BCUT2D eigenvalue weighted by Crippen LogP contribution is 2.46. The maximum absolute atomic E-state index is 13.7. The number of ether oxygens (including phenoxy) is 1. The molecule has 1 atom stereocenters. The SMILES string of the molecule is O=C(N[C@H]1CC[C@H](CN2C(=O)C(O)(c3cccc(OC(F)(F)F)c3)c3ccccc32)CC1)c1cc(Cl)cnc1C(F)F. The molecule has 7 nitrogen and oxygen atoms in total. The number of carbonyl (C=O) groups excluding carboxylic acids is 2. The Morgan fingerprint density at radius 1 is 1.12 bits per heavy atom. The highest BCUT2D eigenvalue weighted by Gasteiger charge is 2.51. The Morgan fingerprint density at radius 3 is 2.52 bits per heavy atom. The predicted octanol–water partition coefficient (Wildman–Crippen LogP) is 6.14. The number of para-hydroxylation sites is 1. The predicted molar refractivity (Wildman–Crippen MR) is 142 cm³/mol. The average Bonchev–Trinajstić information content (AvgIpc) is 3.16. The molecule has 1 saturated carbocycles. The summed E-state index contributed by atoms with van der Waals surface area (Å²) < 4.78 is 69.1. The van der Waals surface area contributed by atoms with Crippen molar-refractivity contribution in [2.75, 3.05) is 11.4 Å². The van der Waals surface area contributed by atoms with E-state index in [0.29, 0.717) is 31.4 Å². The molecular weight excluding hydrogens is 585 g/mol. The highest BCUT2D eigenvalue weighted by molar-refractivity contribution is 6.30. The van der Waals surface area contributed by atoms with Crippen LogP contribution in [0.4, 0.5) is 27.6 Å². The van der Waals surface area contributed by atoms with E-state index in [1.54, 1.807) is 24.3 Å². The number of hydrogen-bond acceptors (Lipinski definition) is 5. The largest absolute Gasteiger partial charge is 0.573 e. The fraction of sp³-hybridized carbons (Fsp3) is 0.345. The van der Waals surface area contributed by atoms with Gasteiger partial charge in [0.1, 0.15) is 11.4 Å². The van der Waals surface area contributed by atoms with Gasteiger partial charge in [0.15, 0.2) is 5.60 Å². The van der Waals surface area contributed by atoms with Crippen molar-refractivity contribution in [2.45, 2.75) is 50.1 Å². The number of hydrogen-bond donors (Lipinski definition) is 2. The number of alkyl halides is 5. The lowest BCUT2D eigenvalue weighted by Gasteiger charge is -2.32. The number of pyridine rings is 1. The molecule has 2 amide bonds. The number of anilines is 1. The number of rotatable bonds is 7. The maximum Gasteiger partial charge on any atom is 0.573 e. The summed E-state index contributed by atoms with van der Waals surface area (Å²) >= 11 is 5.86. The highest BCUT2D eigenvalue weighted by atomic mass is 35.5. The van der Waals surface area contributed by atoms with Crippen LogP contribution in [0.3, 0.4) is 0 Å². The van der Waals surface area contributed by atoms with Crippen LogP contribution in [0, 0.1) is 5.92 Å². The molecule has 1 fully saturated rings. The zero-order valence-corrected chi connectivity index (χ0v) is 22.6. The van der Waals surface area contributed by atoms with Crippen LogP contribution in [0.25, 0.3) is 0 Å². The van der Waals surface area contributed by atoms with Crippen LogP contribution >= 0.6 is 11.6 Å². The Kier molecular flexibility index (Phi) is 8.13. The van der Waals surface area contributed by atoms with Gasteiger partial charge in [0.2, 0.25) is 0 Å². The van der Waals surface area contributed by atoms with Crippen LogP contribution in [0.2, 0.25) is 5.02 Å². The zero-order valence-electron chi connectivity index (χ0n) is 21.9. The molecule has 0 radical (unpaired) electrons. The van der Waals surface area contributed by atoms with Crippen LogP contribution in [0.15, 0.2) is 60.8 Å². The maximum atomic E-state index is 13.7. The van der Waals surface area contributed by atoms with E-state index in [1.165, 1.54) is 17.0 Å². The average molecular weight is 610 g/mol. The molecular formula is C29H25ClF5N3O4. The van der Waals surface area contributed by atoms with Crippen LogP contribution in [0.5, 0.6) is 5.75 Å².